The van der Waals surface area contributed by atoms with Gasteiger partial charge in [-0.2, -0.15) is 0 Å². The van der Waals surface area contributed by atoms with E-state index < -0.39 is 0 Å². The lowest BCUT2D eigenvalue weighted by Gasteiger charge is -2.07. The van der Waals surface area contributed by atoms with Crippen molar-refractivity contribution in [1.82, 2.24) is 15.0 Å². The fourth-order valence-corrected chi connectivity index (χ4v) is 2.75. The molecule has 0 amide bonds. The van der Waals surface area contributed by atoms with Crippen LogP contribution in [0, 0.1) is 0 Å². The molecule has 2 aromatic heterocycles. The predicted molar refractivity (Wildman–Crippen MR) is 81.3 cm³/mol. The van der Waals surface area contributed by atoms with E-state index in [1.807, 2.05) is 35.7 Å². The number of benzene rings is 1. The Labute approximate surface area is 127 Å². The van der Waals surface area contributed by atoms with Crippen LogP contribution in [0.4, 0.5) is 0 Å². The molecule has 3 aromatic rings. The van der Waals surface area contributed by atoms with Gasteiger partial charge in [0.25, 0.3) is 0 Å². The summed E-state index contributed by atoms with van der Waals surface area (Å²) in [6.07, 6.45) is 0. The molecule has 0 spiro atoms. The highest BCUT2D eigenvalue weighted by atomic mass is 79.9. The van der Waals surface area contributed by atoms with Crippen LogP contribution in [0.2, 0.25) is 5.15 Å². The van der Waals surface area contributed by atoms with Crippen LogP contribution in [0.5, 0.6) is 0 Å². The highest BCUT2D eigenvalue weighted by molar-refractivity contribution is 9.10. The summed E-state index contributed by atoms with van der Waals surface area (Å²) in [5.41, 5.74) is 4.23. The Morgan fingerprint density at radius 2 is 1.89 bits per heavy atom. The van der Waals surface area contributed by atoms with Gasteiger partial charge in [0.15, 0.2) is 5.82 Å². The molecular formula is C13H7BrClN3S. The standard InChI is InChI=1S/C13H7BrClN3S/c14-10-11(8-4-2-1-3-5-8)17-13(18-12(10)15)9-6-19-7-16-9/h1-7H. The molecular weight excluding hydrogens is 346 g/mol. The maximum atomic E-state index is 6.16. The van der Waals surface area contributed by atoms with Gasteiger partial charge in [-0.05, 0) is 15.9 Å². The summed E-state index contributed by atoms with van der Waals surface area (Å²) in [5, 5.41) is 2.28. The molecule has 2 heterocycles. The average molecular weight is 353 g/mol. The molecule has 0 atom stereocenters. The Morgan fingerprint density at radius 3 is 2.58 bits per heavy atom. The molecule has 3 rings (SSSR count). The van der Waals surface area contributed by atoms with Crippen molar-refractivity contribution in [1.29, 1.82) is 0 Å². The fourth-order valence-electron chi connectivity index (χ4n) is 1.64. The molecule has 6 heteroatoms. The van der Waals surface area contributed by atoms with E-state index in [-0.39, 0.29) is 0 Å². The molecule has 3 nitrogen and oxygen atoms in total. The van der Waals surface area contributed by atoms with E-state index in [9.17, 15) is 0 Å². The summed E-state index contributed by atoms with van der Waals surface area (Å²) in [5.74, 6) is 0.535. The lowest BCUT2D eigenvalue weighted by molar-refractivity contribution is 1.14. The van der Waals surface area contributed by atoms with Crippen LogP contribution >= 0.6 is 38.9 Å². The monoisotopic (exact) mass is 351 g/mol. The third kappa shape index (κ3) is 2.54. The molecule has 0 aliphatic carbocycles. The average Bonchev–Trinajstić information content (AvgIpc) is 2.97. The zero-order valence-corrected chi connectivity index (χ0v) is 12.7. The zero-order chi connectivity index (χ0) is 13.2. The van der Waals surface area contributed by atoms with Crippen molar-refractivity contribution in [2.24, 2.45) is 0 Å². The van der Waals surface area contributed by atoms with Gasteiger partial charge in [0, 0.05) is 10.9 Å². The SMILES string of the molecule is Clc1nc(-c2cscn2)nc(-c2ccccc2)c1Br. The summed E-state index contributed by atoms with van der Waals surface area (Å²) in [7, 11) is 0. The highest BCUT2D eigenvalue weighted by Gasteiger charge is 2.14. The van der Waals surface area contributed by atoms with Crippen molar-refractivity contribution >= 4 is 38.9 Å². The lowest BCUT2D eigenvalue weighted by Crippen LogP contribution is -1.95. The molecule has 0 saturated heterocycles. The van der Waals surface area contributed by atoms with Crippen molar-refractivity contribution in [2.45, 2.75) is 0 Å². The Kier molecular flexibility index (Phi) is 3.59. The summed E-state index contributed by atoms with van der Waals surface area (Å²) in [6, 6.07) is 9.84. The maximum absolute atomic E-state index is 6.16. The van der Waals surface area contributed by atoms with Crippen molar-refractivity contribution in [3.8, 4) is 22.8 Å². The van der Waals surface area contributed by atoms with Crippen molar-refractivity contribution in [3.63, 3.8) is 0 Å². The van der Waals surface area contributed by atoms with E-state index in [0.29, 0.717) is 15.5 Å². The van der Waals surface area contributed by atoms with Crippen LogP contribution in [-0.4, -0.2) is 15.0 Å². The van der Waals surface area contributed by atoms with Crippen LogP contribution < -0.4 is 0 Å². The minimum absolute atomic E-state index is 0.386. The van der Waals surface area contributed by atoms with Crippen LogP contribution in [0.25, 0.3) is 22.8 Å². The summed E-state index contributed by atoms with van der Waals surface area (Å²) >= 11 is 11.1. The summed E-state index contributed by atoms with van der Waals surface area (Å²) < 4.78 is 0.694. The second kappa shape index (κ2) is 5.36. The van der Waals surface area contributed by atoms with E-state index in [1.54, 1.807) is 5.51 Å². The molecule has 0 saturated carbocycles. The number of aromatic nitrogens is 3. The first-order chi connectivity index (χ1) is 9.25. The Balaban J connectivity index is 2.20. The van der Waals surface area contributed by atoms with Gasteiger partial charge in [0.1, 0.15) is 10.8 Å². The van der Waals surface area contributed by atoms with Gasteiger partial charge >= 0.3 is 0 Å². The normalized spacial score (nSPS) is 10.6. The van der Waals surface area contributed by atoms with E-state index in [1.165, 1.54) is 11.3 Å². The van der Waals surface area contributed by atoms with Crippen LogP contribution in [0.3, 0.4) is 0 Å². The summed E-state index contributed by atoms with van der Waals surface area (Å²) in [6.45, 7) is 0. The van der Waals surface area contributed by atoms with Gasteiger partial charge in [-0.3, -0.25) is 0 Å². The van der Waals surface area contributed by atoms with Crippen LogP contribution in [0.15, 0.2) is 45.7 Å². The van der Waals surface area contributed by atoms with Crippen molar-refractivity contribution < 1.29 is 0 Å². The number of thiazole rings is 1. The van der Waals surface area contributed by atoms with Gasteiger partial charge in [-0.1, -0.05) is 41.9 Å². The van der Waals surface area contributed by atoms with E-state index >= 15 is 0 Å². The van der Waals surface area contributed by atoms with Gasteiger partial charge in [-0.25, -0.2) is 15.0 Å². The second-order valence-corrected chi connectivity index (χ2v) is 5.61. The molecule has 0 bridgehead atoms. The van der Waals surface area contributed by atoms with E-state index in [0.717, 1.165) is 17.0 Å². The van der Waals surface area contributed by atoms with Gasteiger partial charge in [0.05, 0.1) is 15.7 Å². The number of nitrogens with zero attached hydrogens (tertiary/aromatic N) is 3. The first kappa shape index (κ1) is 12.7. The van der Waals surface area contributed by atoms with Gasteiger partial charge in [-0.15, -0.1) is 11.3 Å². The minimum Gasteiger partial charge on any atom is -0.241 e. The third-order valence-corrected chi connectivity index (χ3v) is 4.36. The minimum atomic E-state index is 0.386. The predicted octanol–water partition coefficient (Wildman–Crippen LogP) is 4.68. The molecule has 19 heavy (non-hydrogen) atoms. The molecule has 0 aliphatic rings. The topological polar surface area (TPSA) is 38.7 Å². The Morgan fingerprint density at radius 1 is 1.11 bits per heavy atom. The quantitative estimate of drug-likeness (QED) is 0.628. The molecule has 0 fully saturated rings. The molecule has 0 aliphatic heterocycles. The van der Waals surface area contributed by atoms with Crippen LogP contribution in [0.1, 0.15) is 0 Å². The number of hydrogen-bond acceptors (Lipinski definition) is 4. The Bertz CT molecular complexity index is 701. The number of rotatable bonds is 2. The van der Waals surface area contributed by atoms with E-state index in [4.69, 9.17) is 11.6 Å². The highest BCUT2D eigenvalue weighted by Crippen LogP contribution is 2.33. The molecule has 0 N–H and O–H groups in total. The van der Waals surface area contributed by atoms with Gasteiger partial charge in [0.2, 0.25) is 0 Å². The molecule has 0 unspecified atom stereocenters. The van der Waals surface area contributed by atoms with Crippen molar-refractivity contribution in [2.75, 3.05) is 0 Å². The lowest BCUT2D eigenvalue weighted by atomic mass is 10.1. The van der Waals surface area contributed by atoms with Crippen molar-refractivity contribution in [3.05, 3.63) is 50.8 Å². The smallest absolute Gasteiger partial charge is 0.181 e. The zero-order valence-electron chi connectivity index (χ0n) is 9.55. The second-order valence-electron chi connectivity index (χ2n) is 3.74. The Hall–Kier alpha value is -1.30. The summed E-state index contributed by atoms with van der Waals surface area (Å²) in [4.78, 5) is 13.0. The van der Waals surface area contributed by atoms with Gasteiger partial charge < -0.3 is 0 Å². The number of hydrogen-bond donors (Lipinski definition) is 0. The first-order valence-corrected chi connectivity index (χ1v) is 7.54. The molecule has 1 aromatic carbocycles. The first-order valence-electron chi connectivity index (χ1n) is 5.42. The molecule has 0 radical (unpaired) electrons. The fraction of sp³-hybridized carbons (Fsp3) is 0. The van der Waals surface area contributed by atoms with Crippen LogP contribution in [-0.2, 0) is 0 Å². The maximum Gasteiger partial charge on any atom is 0.181 e. The van der Waals surface area contributed by atoms with E-state index in [2.05, 4.69) is 30.9 Å². The number of halogens is 2. The molecule has 94 valence electrons. The largest absolute Gasteiger partial charge is 0.241 e. The third-order valence-electron chi connectivity index (χ3n) is 2.52.